The summed E-state index contributed by atoms with van der Waals surface area (Å²) in [5, 5.41) is 2.93. The molecule has 116 valence electrons. The molecule has 1 amide bonds. The van der Waals surface area contributed by atoms with Gasteiger partial charge >= 0.3 is 0 Å². The van der Waals surface area contributed by atoms with Crippen LogP contribution in [0.25, 0.3) is 0 Å². The molecule has 1 aromatic heterocycles. The minimum atomic E-state index is 0.0376. The zero-order chi connectivity index (χ0) is 15.8. The van der Waals surface area contributed by atoms with E-state index in [2.05, 4.69) is 10.3 Å². The van der Waals surface area contributed by atoms with Gasteiger partial charge < -0.3 is 10.1 Å². The Kier molecular flexibility index (Phi) is 5.95. The monoisotopic (exact) mass is 298 g/mol. The summed E-state index contributed by atoms with van der Waals surface area (Å²) in [7, 11) is 0. The average molecular weight is 298 g/mol. The van der Waals surface area contributed by atoms with Gasteiger partial charge in [-0.15, -0.1) is 0 Å². The molecule has 2 aromatic rings. The molecule has 4 heteroatoms. The number of aromatic nitrogens is 1. The summed E-state index contributed by atoms with van der Waals surface area (Å²) in [6, 6.07) is 13.7. The van der Waals surface area contributed by atoms with E-state index in [4.69, 9.17) is 4.74 Å². The van der Waals surface area contributed by atoms with Crippen molar-refractivity contribution in [3.63, 3.8) is 0 Å². The van der Waals surface area contributed by atoms with Gasteiger partial charge in [0, 0.05) is 24.7 Å². The fraction of sp³-hybridized carbons (Fsp3) is 0.333. The van der Waals surface area contributed by atoms with Crippen LogP contribution in [0.1, 0.15) is 31.4 Å². The third-order valence-corrected chi connectivity index (χ3v) is 3.56. The smallest absolute Gasteiger partial charge is 0.223 e. The molecule has 0 aliphatic rings. The quantitative estimate of drug-likeness (QED) is 0.853. The molecule has 0 radical (unpaired) electrons. The SMILES string of the molecule is CC[C@H](C)C(=O)NCc1ccnc(OCc2ccccc2)c1. The lowest BCUT2D eigenvalue weighted by Gasteiger charge is -2.11. The number of pyridine rings is 1. The van der Waals surface area contributed by atoms with E-state index in [1.807, 2.05) is 56.3 Å². The van der Waals surface area contributed by atoms with Crippen molar-refractivity contribution in [1.82, 2.24) is 10.3 Å². The van der Waals surface area contributed by atoms with Gasteiger partial charge in [-0.2, -0.15) is 0 Å². The molecule has 0 aliphatic carbocycles. The standard InChI is InChI=1S/C18H22N2O2/c1-3-14(2)18(21)20-12-16-9-10-19-17(11-16)22-13-15-7-5-4-6-8-15/h4-11,14H,3,12-13H2,1-2H3,(H,20,21)/t14-/m0/s1. The maximum atomic E-state index is 11.8. The number of hydrogen-bond donors (Lipinski definition) is 1. The minimum Gasteiger partial charge on any atom is -0.473 e. The highest BCUT2D eigenvalue weighted by atomic mass is 16.5. The van der Waals surface area contributed by atoms with Crippen LogP contribution in [0, 0.1) is 5.92 Å². The summed E-state index contributed by atoms with van der Waals surface area (Å²) >= 11 is 0. The Labute approximate surface area is 131 Å². The van der Waals surface area contributed by atoms with Crippen LogP contribution in [-0.2, 0) is 17.9 Å². The second-order valence-electron chi connectivity index (χ2n) is 5.30. The summed E-state index contributed by atoms with van der Waals surface area (Å²) in [6.45, 7) is 4.91. The van der Waals surface area contributed by atoms with Crippen molar-refractivity contribution >= 4 is 5.91 Å². The predicted octanol–water partition coefficient (Wildman–Crippen LogP) is 3.32. The molecular weight excluding hydrogens is 276 g/mol. The molecular formula is C18H22N2O2. The van der Waals surface area contributed by atoms with Gasteiger partial charge in [0.1, 0.15) is 6.61 Å². The third-order valence-electron chi connectivity index (χ3n) is 3.56. The fourth-order valence-corrected chi connectivity index (χ4v) is 1.92. The van der Waals surface area contributed by atoms with Crippen molar-refractivity contribution in [3.8, 4) is 5.88 Å². The molecule has 1 N–H and O–H groups in total. The molecule has 4 nitrogen and oxygen atoms in total. The van der Waals surface area contributed by atoms with E-state index < -0.39 is 0 Å². The maximum absolute atomic E-state index is 11.8. The number of carbonyl (C=O) groups excluding carboxylic acids is 1. The van der Waals surface area contributed by atoms with Gasteiger partial charge in [0.25, 0.3) is 0 Å². The van der Waals surface area contributed by atoms with Crippen molar-refractivity contribution in [2.24, 2.45) is 5.92 Å². The van der Waals surface area contributed by atoms with E-state index in [1.54, 1.807) is 6.20 Å². The van der Waals surface area contributed by atoms with E-state index in [0.717, 1.165) is 17.5 Å². The van der Waals surface area contributed by atoms with Crippen molar-refractivity contribution in [2.75, 3.05) is 0 Å². The van der Waals surface area contributed by atoms with Crippen molar-refractivity contribution in [2.45, 2.75) is 33.4 Å². The van der Waals surface area contributed by atoms with Crippen molar-refractivity contribution in [1.29, 1.82) is 0 Å². The molecule has 0 unspecified atom stereocenters. The van der Waals surface area contributed by atoms with Crippen LogP contribution < -0.4 is 10.1 Å². The summed E-state index contributed by atoms with van der Waals surface area (Å²) in [5.74, 6) is 0.681. The van der Waals surface area contributed by atoms with Crippen LogP contribution in [0.5, 0.6) is 5.88 Å². The Bertz CT molecular complexity index is 599. The molecule has 0 bridgehead atoms. The van der Waals surface area contributed by atoms with E-state index in [1.165, 1.54) is 0 Å². The Morgan fingerprint density at radius 1 is 1.23 bits per heavy atom. The second kappa shape index (κ2) is 8.17. The summed E-state index contributed by atoms with van der Waals surface area (Å²) in [5.41, 5.74) is 2.08. The molecule has 0 fully saturated rings. The molecule has 1 aromatic carbocycles. The number of rotatable bonds is 7. The van der Waals surface area contributed by atoms with E-state index >= 15 is 0 Å². The van der Waals surface area contributed by atoms with Crippen LogP contribution in [0.3, 0.4) is 0 Å². The normalized spacial score (nSPS) is 11.7. The van der Waals surface area contributed by atoms with Crippen LogP contribution >= 0.6 is 0 Å². The van der Waals surface area contributed by atoms with Gasteiger partial charge in [-0.05, 0) is 23.6 Å². The molecule has 0 aliphatic heterocycles. The second-order valence-corrected chi connectivity index (χ2v) is 5.30. The Morgan fingerprint density at radius 2 is 2.00 bits per heavy atom. The first-order valence-electron chi connectivity index (χ1n) is 7.58. The highest BCUT2D eigenvalue weighted by Crippen LogP contribution is 2.12. The number of nitrogens with one attached hydrogen (secondary N) is 1. The summed E-state index contributed by atoms with van der Waals surface area (Å²) in [4.78, 5) is 16.0. The van der Waals surface area contributed by atoms with Crippen molar-refractivity contribution < 1.29 is 9.53 Å². The van der Waals surface area contributed by atoms with E-state index in [-0.39, 0.29) is 11.8 Å². The van der Waals surface area contributed by atoms with Gasteiger partial charge in [-0.1, -0.05) is 44.2 Å². The Balaban J connectivity index is 1.88. The molecule has 1 atom stereocenters. The molecule has 1 heterocycles. The lowest BCUT2D eigenvalue weighted by Crippen LogP contribution is -2.28. The number of benzene rings is 1. The van der Waals surface area contributed by atoms with E-state index in [0.29, 0.717) is 19.0 Å². The number of ether oxygens (including phenoxy) is 1. The summed E-state index contributed by atoms with van der Waals surface area (Å²) < 4.78 is 5.68. The maximum Gasteiger partial charge on any atom is 0.223 e. The molecule has 0 saturated heterocycles. The predicted molar refractivity (Wildman–Crippen MR) is 86.3 cm³/mol. The number of carbonyl (C=O) groups is 1. The number of amides is 1. The number of nitrogens with zero attached hydrogens (tertiary/aromatic N) is 1. The Morgan fingerprint density at radius 3 is 2.73 bits per heavy atom. The Hall–Kier alpha value is -2.36. The first kappa shape index (κ1) is 16.0. The van der Waals surface area contributed by atoms with Crippen LogP contribution in [0.15, 0.2) is 48.7 Å². The topological polar surface area (TPSA) is 51.2 Å². The lowest BCUT2D eigenvalue weighted by molar-refractivity contribution is -0.124. The van der Waals surface area contributed by atoms with Gasteiger partial charge in [-0.25, -0.2) is 4.98 Å². The van der Waals surface area contributed by atoms with Gasteiger partial charge in [0.15, 0.2) is 0 Å². The zero-order valence-corrected chi connectivity index (χ0v) is 13.1. The highest BCUT2D eigenvalue weighted by Gasteiger charge is 2.09. The molecule has 22 heavy (non-hydrogen) atoms. The van der Waals surface area contributed by atoms with Crippen LogP contribution in [0.2, 0.25) is 0 Å². The van der Waals surface area contributed by atoms with E-state index in [9.17, 15) is 4.79 Å². The number of hydrogen-bond acceptors (Lipinski definition) is 3. The van der Waals surface area contributed by atoms with Gasteiger partial charge in [-0.3, -0.25) is 4.79 Å². The third kappa shape index (κ3) is 4.88. The first-order valence-corrected chi connectivity index (χ1v) is 7.58. The minimum absolute atomic E-state index is 0.0376. The van der Waals surface area contributed by atoms with Crippen molar-refractivity contribution in [3.05, 3.63) is 59.8 Å². The largest absolute Gasteiger partial charge is 0.473 e. The molecule has 0 spiro atoms. The molecule has 0 saturated carbocycles. The zero-order valence-electron chi connectivity index (χ0n) is 13.1. The first-order chi connectivity index (χ1) is 10.7. The average Bonchev–Trinajstić information content (AvgIpc) is 2.58. The van der Waals surface area contributed by atoms with Crippen LogP contribution in [0.4, 0.5) is 0 Å². The molecule has 2 rings (SSSR count). The highest BCUT2D eigenvalue weighted by molar-refractivity contribution is 5.78. The van der Waals surface area contributed by atoms with Gasteiger partial charge in [0.05, 0.1) is 0 Å². The fourth-order valence-electron chi connectivity index (χ4n) is 1.92. The van der Waals surface area contributed by atoms with Gasteiger partial charge in [0.2, 0.25) is 11.8 Å². The van der Waals surface area contributed by atoms with Crippen LogP contribution in [-0.4, -0.2) is 10.9 Å². The summed E-state index contributed by atoms with van der Waals surface area (Å²) in [6.07, 6.45) is 2.54. The lowest BCUT2D eigenvalue weighted by atomic mass is 10.1.